The van der Waals surface area contributed by atoms with Gasteiger partial charge in [-0.05, 0) is 12.1 Å². The van der Waals surface area contributed by atoms with Crippen LogP contribution in [0.5, 0.6) is 0 Å². The van der Waals surface area contributed by atoms with Crippen molar-refractivity contribution in [2.45, 2.75) is 12.2 Å². The van der Waals surface area contributed by atoms with Crippen LogP contribution in [0.25, 0.3) is 0 Å². The fourth-order valence-corrected chi connectivity index (χ4v) is 3.64. The maximum absolute atomic E-state index is 12.8. The number of para-hydroxylation sites is 1. The van der Waals surface area contributed by atoms with Crippen LogP contribution in [-0.4, -0.2) is 26.8 Å². The smallest absolute Gasteiger partial charge is 0.401 e. The van der Waals surface area contributed by atoms with Gasteiger partial charge in [0, 0.05) is 17.0 Å². The molecule has 0 bridgehead atoms. The van der Waals surface area contributed by atoms with E-state index in [1.807, 2.05) is 24.3 Å². The van der Waals surface area contributed by atoms with Crippen LogP contribution >= 0.6 is 11.8 Å². The van der Waals surface area contributed by atoms with Crippen LogP contribution in [0.15, 0.2) is 58.6 Å². The fourth-order valence-electron chi connectivity index (χ4n) is 3.04. The van der Waals surface area contributed by atoms with Gasteiger partial charge >= 0.3 is 5.88 Å². The predicted octanol–water partition coefficient (Wildman–Crippen LogP) is 2.98. The highest BCUT2D eigenvalue weighted by atomic mass is 32.2. The lowest BCUT2D eigenvalue weighted by atomic mass is 9.99. The number of furan rings is 1. The quantitative estimate of drug-likeness (QED) is 0.472. The SMILES string of the molecule is C=CCSC1=NN2[C@@H](c3ccc([N+](=O)[O-])o3)Nc3ccccc3[C@H]2C(=O)N1. The highest BCUT2D eigenvalue weighted by molar-refractivity contribution is 8.14. The van der Waals surface area contributed by atoms with Crippen LogP contribution in [0.3, 0.4) is 0 Å². The molecule has 0 saturated carbocycles. The second-order valence-corrected chi connectivity index (χ2v) is 6.85. The minimum absolute atomic E-state index is 0.225. The van der Waals surface area contributed by atoms with Crippen molar-refractivity contribution in [2.75, 3.05) is 11.1 Å². The van der Waals surface area contributed by atoms with Crippen LogP contribution in [0.2, 0.25) is 0 Å². The Morgan fingerprint density at radius 2 is 2.19 bits per heavy atom. The number of nitro groups is 1. The van der Waals surface area contributed by atoms with E-state index in [9.17, 15) is 14.9 Å². The van der Waals surface area contributed by atoms with Crippen molar-refractivity contribution in [2.24, 2.45) is 5.10 Å². The lowest BCUT2D eigenvalue weighted by Gasteiger charge is -2.42. The maximum Gasteiger partial charge on any atom is 0.433 e. The summed E-state index contributed by atoms with van der Waals surface area (Å²) in [5.41, 5.74) is 1.51. The summed E-state index contributed by atoms with van der Waals surface area (Å²) in [6, 6.07) is 9.50. The molecule has 1 aromatic carbocycles. The van der Waals surface area contributed by atoms with Crippen LogP contribution in [0.4, 0.5) is 11.6 Å². The van der Waals surface area contributed by atoms with E-state index in [1.165, 1.54) is 23.9 Å². The normalized spacial score (nSPS) is 20.7. The van der Waals surface area contributed by atoms with Gasteiger partial charge in [0.1, 0.15) is 4.92 Å². The van der Waals surface area contributed by atoms with E-state index < -0.39 is 17.1 Å². The summed E-state index contributed by atoms with van der Waals surface area (Å²) in [6.07, 6.45) is 1.05. The van der Waals surface area contributed by atoms with Crippen molar-refractivity contribution < 1.29 is 14.1 Å². The molecule has 2 aliphatic heterocycles. The Hall–Kier alpha value is -3.27. The van der Waals surface area contributed by atoms with E-state index in [0.717, 1.165) is 11.3 Å². The van der Waals surface area contributed by atoms with Gasteiger partial charge in [-0.15, -0.1) is 11.7 Å². The van der Waals surface area contributed by atoms with Gasteiger partial charge in [-0.25, -0.2) is 5.01 Å². The highest BCUT2D eigenvalue weighted by Crippen LogP contribution is 2.43. The number of anilines is 1. The van der Waals surface area contributed by atoms with Gasteiger partial charge in [0.15, 0.2) is 23.1 Å². The number of hydrogen-bond acceptors (Lipinski definition) is 8. The lowest BCUT2D eigenvalue weighted by Crippen LogP contribution is -2.50. The Morgan fingerprint density at radius 3 is 2.93 bits per heavy atom. The van der Waals surface area contributed by atoms with Crippen LogP contribution in [-0.2, 0) is 4.79 Å². The molecule has 0 aliphatic carbocycles. The molecule has 138 valence electrons. The predicted molar refractivity (Wildman–Crippen MR) is 101 cm³/mol. The van der Waals surface area contributed by atoms with Crippen molar-refractivity contribution in [3.05, 3.63) is 70.5 Å². The molecule has 2 N–H and O–H groups in total. The molecule has 27 heavy (non-hydrogen) atoms. The summed E-state index contributed by atoms with van der Waals surface area (Å²) in [5, 5.41) is 23.6. The molecule has 2 aromatic rings. The van der Waals surface area contributed by atoms with Crippen molar-refractivity contribution in [1.29, 1.82) is 0 Å². The van der Waals surface area contributed by atoms with Gasteiger partial charge in [-0.1, -0.05) is 36.0 Å². The number of hydrogen-bond donors (Lipinski definition) is 2. The highest BCUT2D eigenvalue weighted by Gasteiger charge is 2.43. The molecule has 1 aromatic heterocycles. The molecule has 0 unspecified atom stereocenters. The number of amidine groups is 1. The van der Waals surface area contributed by atoms with Gasteiger partial charge in [0.25, 0.3) is 5.91 Å². The second kappa shape index (κ2) is 6.80. The lowest BCUT2D eigenvalue weighted by molar-refractivity contribution is -0.402. The van der Waals surface area contributed by atoms with Gasteiger partial charge in [-0.3, -0.25) is 14.9 Å². The summed E-state index contributed by atoms with van der Waals surface area (Å²) in [6.45, 7) is 3.66. The van der Waals surface area contributed by atoms with Crippen LogP contribution < -0.4 is 10.6 Å². The average molecular weight is 385 g/mol. The number of nitrogens with one attached hydrogen (secondary N) is 2. The van der Waals surface area contributed by atoms with Gasteiger partial charge in [-0.2, -0.15) is 0 Å². The molecule has 2 atom stereocenters. The van der Waals surface area contributed by atoms with Crippen molar-refractivity contribution in [3.63, 3.8) is 0 Å². The zero-order chi connectivity index (χ0) is 19.0. The Bertz CT molecular complexity index is 956. The number of amides is 1. The van der Waals surface area contributed by atoms with Gasteiger partial charge in [0.2, 0.25) is 0 Å². The maximum atomic E-state index is 12.8. The van der Waals surface area contributed by atoms with Crippen LogP contribution in [0.1, 0.15) is 23.5 Å². The monoisotopic (exact) mass is 385 g/mol. The number of thioether (sulfide) groups is 1. The summed E-state index contributed by atoms with van der Waals surface area (Å²) in [4.78, 5) is 23.2. The number of carbonyl (C=O) groups is 1. The Morgan fingerprint density at radius 1 is 1.37 bits per heavy atom. The number of fused-ring (bicyclic) bond motifs is 3. The van der Waals surface area contributed by atoms with E-state index in [1.54, 1.807) is 11.1 Å². The van der Waals surface area contributed by atoms with Gasteiger partial charge < -0.3 is 15.1 Å². The Labute approximate surface area is 158 Å². The Kier molecular flexibility index (Phi) is 4.32. The molecule has 9 nitrogen and oxygen atoms in total. The third-order valence-corrected chi connectivity index (χ3v) is 5.02. The third-order valence-electron chi connectivity index (χ3n) is 4.16. The number of carbonyl (C=O) groups excluding carboxylic acids is 1. The first kappa shape index (κ1) is 17.2. The molecule has 0 radical (unpaired) electrons. The molecule has 10 heteroatoms. The number of rotatable bonds is 4. The second-order valence-electron chi connectivity index (χ2n) is 5.84. The molecule has 4 rings (SSSR count). The van der Waals surface area contributed by atoms with E-state index in [0.29, 0.717) is 16.7 Å². The van der Waals surface area contributed by atoms with E-state index in [4.69, 9.17) is 4.42 Å². The molecular formula is C17H15N5O4S. The first-order valence-electron chi connectivity index (χ1n) is 8.09. The van der Waals surface area contributed by atoms with Crippen molar-refractivity contribution in [3.8, 4) is 0 Å². The first-order valence-corrected chi connectivity index (χ1v) is 9.08. The molecular weight excluding hydrogens is 370 g/mol. The minimum Gasteiger partial charge on any atom is -0.401 e. The molecule has 1 amide bonds. The van der Waals surface area contributed by atoms with Crippen molar-refractivity contribution in [1.82, 2.24) is 10.3 Å². The molecule has 2 aliphatic rings. The summed E-state index contributed by atoms with van der Waals surface area (Å²) >= 11 is 1.34. The molecule has 0 fully saturated rings. The number of nitrogens with zero attached hydrogens (tertiary/aromatic N) is 3. The van der Waals surface area contributed by atoms with Gasteiger partial charge in [0.05, 0.1) is 6.07 Å². The summed E-state index contributed by atoms with van der Waals surface area (Å²) in [5.74, 6) is 0.289. The van der Waals surface area contributed by atoms with E-state index >= 15 is 0 Å². The topological polar surface area (TPSA) is 113 Å². The standard InChI is InChI=1S/C17H15N5O4S/c1-2-9-27-17-19-16(23)14-10-5-3-4-6-11(10)18-15(21(14)20-17)12-7-8-13(26-12)22(24)25/h2-8,14-15,18H,1,9H2,(H,19,20,23)/t14-,15-/m0/s1. The molecule has 3 heterocycles. The summed E-state index contributed by atoms with van der Waals surface area (Å²) in [7, 11) is 0. The van der Waals surface area contributed by atoms with Crippen LogP contribution in [0, 0.1) is 10.1 Å². The largest absolute Gasteiger partial charge is 0.433 e. The minimum atomic E-state index is -0.676. The van der Waals surface area contributed by atoms with E-state index in [-0.39, 0.29) is 11.8 Å². The van der Waals surface area contributed by atoms with Crippen molar-refractivity contribution >= 4 is 34.4 Å². The first-order chi connectivity index (χ1) is 13.1. The fraction of sp³-hybridized carbons (Fsp3) is 0.176. The third kappa shape index (κ3) is 3.04. The Balaban J connectivity index is 1.79. The molecule has 0 saturated heterocycles. The summed E-state index contributed by atoms with van der Waals surface area (Å²) < 4.78 is 5.37. The zero-order valence-corrected chi connectivity index (χ0v) is 14.8. The van der Waals surface area contributed by atoms with E-state index in [2.05, 4.69) is 22.3 Å². The zero-order valence-electron chi connectivity index (χ0n) is 14.0. The molecule has 0 spiro atoms. The average Bonchev–Trinajstić information content (AvgIpc) is 3.15. The number of hydrazone groups is 1. The number of benzene rings is 1.